The Morgan fingerprint density at radius 2 is 2.22 bits per heavy atom. The molecule has 1 atom stereocenters. The molecule has 4 heteroatoms. The third-order valence-electron chi connectivity index (χ3n) is 1.53. The average Bonchev–Trinajstić information content (AvgIpc) is 2.08. The van der Waals surface area contributed by atoms with Crippen LogP contribution in [0.5, 0.6) is 0 Å². The SMILES string of the molecule is CS(=O)(=O)C1CCCN1. The lowest BCUT2D eigenvalue weighted by molar-refractivity contribution is 0.578. The molecule has 0 saturated carbocycles. The van der Waals surface area contributed by atoms with E-state index >= 15 is 0 Å². The largest absolute Gasteiger partial charge is 0.301 e. The van der Waals surface area contributed by atoms with Gasteiger partial charge in [-0.1, -0.05) is 0 Å². The lowest BCUT2D eigenvalue weighted by Crippen LogP contribution is -2.29. The molecule has 0 aromatic rings. The van der Waals surface area contributed by atoms with Crippen LogP contribution in [-0.4, -0.2) is 26.6 Å². The maximum atomic E-state index is 10.8. The van der Waals surface area contributed by atoms with Crippen molar-refractivity contribution in [2.75, 3.05) is 12.8 Å². The fraction of sp³-hybridized carbons (Fsp3) is 1.00. The highest BCUT2D eigenvalue weighted by atomic mass is 32.2. The molecular formula is C5H11NO2S. The molecule has 0 bridgehead atoms. The zero-order valence-electron chi connectivity index (χ0n) is 5.42. The van der Waals surface area contributed by atoms with Gasteiger partial charge in [-0.3, -0.25) is 0 Å². The smallest absolute Gasteiger partial charge is 0.163 e. The lowest BCUT2D eigenvalue weighted by Gasteiger charge is -2.04. The van der Waals surface area contributed by atoms with Crippen molar-refractivity contribution in [1.82, 2.24) is 5.32 Å². The van der Waals surface area contributed by atoms with Gasteiger partial charge in [-0.2, -0.15) is 0 Å². The van der Waals surface area contributed by atoms with Crippen LogP contribution in [0, 0.1) is 0 Å². The molecule has 1 N–H and O–H groups in total. The molecule has 1 aliphatic heterocycles. The van der Waals surface area contributed by atoms with Crippen LogP contribution in [0.3, 0.4) is 0 Å². The van der Waals surface area contributed by atoms with E-state index in [1.54, 1.807) is 0 Å². The molecule has 1 saturated heterocycles. The van der Waals surface area contributed by atoms with Crippen molar-refractivity contribution in [3.8, 4) is 0 Å². The highest BCUT2D eigenvalue weighted by Crippen LogP contribution is 2.09. The summed E-state index contributed by atoms with van der Waals surface area (Å²) in [5.74, 6) is 0. The molecule has 1 fully saturated rings. The van der Waals surface area contributed by atoms with Crippen LogP contribution < -0.4 is 5.32 Å². The van der Waals surface area contributed by atoms with E-state index in [0.29, 0.717) is 0 Å². The Bertz CT molecular complexity index is 179. The quantitative estimate of drug-likeness (QED) is 0.558. The lowest BCUT2D eigenvalue weighted by atomic mass is 10.4. The molecular weight excluding hydrogens is 138 g/mol. The van der Waals surface area contributed by atoms with Gasteiger partial charge in [0.25, 0.3) is 0 Å². The predicted octanol–water partition coefficient (Wildman–Crippen LogP) is -0.260. The van der Waals surface area contributed by atoms with Crippen LogP contribution in [0.25, 0.3) is 0 Å². The van der Waals surface area contributed by atoms with Gasteiger partial charge < -0.3 is 5.32 Å². The van der Waals surface area contributed by atoms with Crippen molar-refractivity contribution in [1.29, 1.82) is 0 Å². The third kappa shape index (κ3) is 1.66. The molecule has 0 radical (unpaired) electrons. The van der Waals surface area contributed by atoms with Crippen molar-refractivity contribution in [2.24, 2.45) is 0 Å². The van der Waals surface area contributed by atoms with Gasteiger partial charge in [0, 0.05) is 6.26 Å². The predicted molar refractivity (Wildman–Crippen MR) is 35.9 cm³/mol. The molecule has 0 aromatic carbocycles. The first-order chi connectivity index (χ1) is 4.11. The first-order valence-corrected chi connectivity index (χ1v) is 4.98. The zero-order valence-corrected chi connectivity index (χ0v) is 6.24. The van der Waals surface area contributed by atoms with Gasteiger partial charge in [0.2, 0.25) is 0 Å². The number of nitrogens with one attached hydrogen (secondary N) is 1. The third-order valence-corrected chi connectivity index (χ3v) is 2.97. The van der Waals surface area contributed by atoms with Gasteiger partial charge in [-0.25, -0.2) is 8.42 Å². The van der Waals surface area contributed by atoms with E-state index in [-0.39, 0.29) is 5.37 Å². The molecule has 54 valence electrons. The van der Waals surface area contributed by atoms with E-state index in [1.807, 2.05) is 0 Å². The maximum Gasteiger partial charge on any atom is 0.163 e. The molecule has 0 aliphatic carbocycles. The summed E-state index contributed by atoms with van der Waals surface area (Å²) in [4.78, 5) is 0. The van der Waals surface area contributed by atoms with Crippen LogP contribution in [0.15, 0.2) is 0 Å². The van der Waals surface area contributed by atoms with Crippen molar-refractivity contribution in [3.05, 3.63) is 0 Å². The minimum atomic E-state index is -2.81. The summed E-state index contributed by atoms with van der Waals surface area (Å²) in [7, 11) is -2.81. The van der Waals surface area contributed by atoms with Crippen molar-refractivity contribution < 1.29 is 8.42 Å². The number of sulfone groups is 1. The Balaban J connectivity index is 2.63. The number of rotatable bonds is 1. The second-order valence-corrected chi connectivity index (χ2v) is 4.64. The highest BCUT2D eigenvalue weighted by molar-refractivity contribution is 7.91. The Labute approximate surface area is 55.4 Å². The molecule has 0 amide bonds. The summed E-state index contributed by atoms with van der Waals surface area (Å²) >= 11 is 0. The molecule has 3 nitrogen and oxygen atoms in total. The van der Waals surface area contributed by atoms with Crippen LogP contribution in [0.4, 0.5) is 0 Å². The van der Waals surface area contributed by atoms with Gasteiger partial charge in [-0.15, -0.1) is 0 Å². The molecule has 1 aliphatic rings. The minimum Gasteiger partial charge on any atom is -0.301 e. The number of hydrogen-bond donors (Lipinski definition) is 1. The second kappa shape index (κ2) is 2.27. The van der Waals surface area contributed by atoms with Gasteiger partial charge in [0.15, 0.2) is 9.84 Å². The van der Waals surface area contributed by atoms with Gasteiger partial charge in [-0.05, 0) is 19.4 Å². The van der Waals surface area contributed by atoms with E-state index in [9.17, 15) is 8.42 Å². The van der Waals surface area contributed by atoms with Gasteiger partial charge in [0.05, 0.1) is 0 Å². The Morgan fingerprint density at radius 1 is 1.56 bits per heavy atom. The Hall–Kier alpha value is -0.0900. The summed E-state index contributed by atoms with van der Waals surface area (Å²) in [5.41, 5.74) is 0. The van der Waals surface area contributed by atoms with Crippen molar-refractivity contribution in [3.63, 3.8) is 0 Å². The van der Waals surface area contributed by atoms with Crippen LogP contribution in [-0.2, 0) is 9.84 Å². The van der Waals surface area contributed by atoms with Crippen LogP contribution in [0.2, 0.25) is 0 Å². The highest BCUT2D eigenvalue weighted by Gasteiger charge is 2.23. The average molecular weight is 149 g/mol. The maximum absolute atomic E-state index is 10.8. The van der Waals surface area contributed by atoms with E-state index in [1.165, 1.54) is 6.26 Å². The summed E-state index contributed by atoms with van der Waals surface area (Å²) in [6.07, 6.45) is 3.03. The van der Waals surface area contributed by atoms with Crippen molar-refractivity contribution in [2.45, 2.75) is 18.2 Å². The number of hydrogen-bond acceptors (Lipinski definition) is 3. The monoisotopic (exact) mass is 149 g/mol. The van der Waals surface area contributed by atoms with Crippen LogP contribution in [0.1, 0.15) is 12.8 Å². The van der Waals surface area contributed by atoms with E-state index in [0.717, 1.165) is 19.4 Å². The van der Waals surface area contributed by atoms with Crippen molar-refractivity contribution >= 4 is 9.84 Å². The molecule has 9 heavy (non-hydrogen) atoms. The topological polar surface area (TPSA) is 46.2 Å². The zero-order chi connectivity index (χ0) is 6.91. The first kappa shape index (κ1) is 7.02. The van der Waals surface area contributed by atoms with E-state index in [4.69, 9.17) is 0 Å². The van der Waals surface area contributed by atoms with E-state index in [2.05, 4.69) is 5.32 Å². The molecule has 0 spiro atoms. The summed E-state index contributed by atoms with van der Waals surface area (Å²) < 4.78 is 21.5. The summed E-state index contributed by atoms with van der Waals surface area (Å²) in [6.45, 7) is 0.845. The Kier molecular flexibility index (Phi) is 1.77. The molecule has 0 aromatic heterocycles. The van der Waals surface area contributed by atoms with E-state index < -0.39 is 9.84 Å². The Morgan fingerprint density at radius 3 is 2.44 bits per heavy atom. The van der Waals surface area contributed by atoms with Gasteiger partial charge in [0.1, 0.15) is 5.37 Å². The standard InChI is InChI=1S/C5H11NO2S/c1-9(7,8)5-3-2-4-6-5/h5-6H,2-4H2,1H3. The summed E-state index contributed by atoms with van der Waals surface area (Å²) in [6, 6.07) is 0. The first-order valence-electron chi connectivity index (χ1n) is 3.03. The molecule has 1 unspecified atom stereocenters. The minimum absolute atomic E-state index is 0.266. The summed E-state index contributed by atoms with van der Waals surface area (Å²) in [5, 5.41) is 2.64. The van der Waals surface area contributed by atoms with Gasteiger partial charge >= 0.3 is 0 Å². The fourth-order valence-corrected chi connectivity index (χ4v) is 2.03. The van der Waals surface area contributed by atoms with Crippen LogP contribution >= 0.6 is 0 Å². The second-order valence-electron chi connectivity index (χ2n) is 2.41. The molecule has 1 heterocycles. The normalized spacial score (nSPS) is 28.8. The molecule has 1 rings (SSSR count). The fourth-order valence-electron chi connectivity index (χ4n) is 1.02.